The predicted octanol–water partition coefficient (Wildman–Crippen LogP) is 1.80. The Balaban J connectivity index is 0.00000264. The molecule has 1 amide bonds. The summed E-state index contributed by atoms with van der Waals surface area (Å²) in [4.78, 5) is 14.2. The first-order chi connectivity index (χ1) is 10.7. The summed E-state index contributed by atoms with van der Waals surface area (Å²) in [6.45, 7) is 6.06. The molecule has 1 saturated carbocycles. The third kappa shape index (κ3) is 7.38. The molecule has 3 unspecified atom stereocenters. The highest BCUT2D eigenvalue weighted by atomic mass is 35.5. The Kier molecular flexibility index (Phi) is 10.1. The summed E-state index contributed by atoms with van der Waals surface area (Å²) in [5.41, 5.74) is 0. The first kappa shape index (κ1) is 20.7. The molecular formula is C17H34ClN3O2. The number of nitrogens with zero attached hydrogens (tertiary/aromatic N) is 1. The molecule has 0 aromatic rings. The van der Waals surface area contributed by atoms with Crippen molar-refractivity contribution in [3.8, 4) is 0 Å². The van der Waals surface area contributed by atoms with Gasteiger partial charge in [0.25, 0.3) is 0 Å². The smallest absolute Gasteiger partial charge is 0.234 e. The number of likely N-dealkylation sites (tertiary alicyclic amines) is 1. The SMILES string of the molecule is CNC1CCCN(CC(=O)NCCOC2CCCCC2C)C1.Cl. The van der Waals surface area contributed by atoms with Gasteiger partial charge in [0.15, 0.2) is 0 Å². The molecule has 0 spiro atoms. The van der Waals surface area contributed by atoms with E-state index in [9.17, 15) is 4.79 Å². The van der Waals surface area contributed by atoms with E-state index in [0.29, 0.717) is 37.8 Å². The van der Waals surface area contributed by atoms with Crippen LogP contribution in [0.2, 0.25) is 0 Å². The molecule has 0 radical (unpaired) electrons. The van der Waals surface area contributed by atoms with E-state index >= 15 is 0 Å². The van der Waals surface area contributed by atoms with Gasteiger partial charge in [-0.2, -0.15) is 0 Å². The second kappa shape index (κ2) is 11.2. The molecule has 0 bridgehead atoms. The highest BCUT2D eigenvalue weighted by molar-refractivity contribution is 5.85. The summed E-state index contributed by atoms with van der Waals surface area (Å²) < 4.78 is 5.93. The molecule has 2 fully saturated rings. The van der Waals surface area contributed by atoms with Gasteiger partial charge in [-0.3, -0.25) is 9.69 Å². The molecule has 3 atom stereocenters. The number of nitrogens with one attached hydrogen (secondary N) is 2. The van der Waals surface area contributed by atoms with Crippen molar-refractivity contribution in [1.29, 1.82) is 0 Å². The molecule has 1 aliphatic carbocycles. The van der Waals surface area contributed by atoms with Crippen LogP contribution in [0.15, 0.2) is 0 Å². The lowest BCUT2D eigenvalue weighted by molar-refractivity contribution is -0.123. The van der Waals surface area contributed by atoms with Gasteiger partial charge < -0.3 is 15.4 Å². The predicted molar refractivity (Wildman–Crippen MR) is 96.2 cm³/mol. The molecule has 2 aliphatic rings. The van der Waals surface area contributed by atoms with E-state index in [1.54, 1.807) is 0 Å². The van der Waals surface area contributed by atoms with Crippen LogP contribution < -0.4 is 10.6 Å². The van der Waals surface area contributed by atoms with E-state index in [1.807, 2.05) is 7.05 Å². The summed E-state index contributed by atoms with van der Waals surface area (Å²) in [6.07, 6.45) is 7.84. The van der Waals surface area contributed by atoms with Gasteiger partial charge in [0.1, 0.15) is 0 Å². The molecule has 1 aliphatic heterocycles. The van der Waals surface area contributed by atoms with Crippen LogP contribution in [-0.2, 0) is 9.53 Å². The summed E-state index contributed by atoms with van der Waals surface area (Å²) in [6, 6.07) is 0.526. The van der Waals surface area contributed by atoms with Gasteiger partial charge in [-0.1, -0.05) is 19.8 Å². The van der Waals surface area contributed by atoms with E-state index in [2.05, 4.69) is 22.5 Å². The molecule has 0 aromatic heterocycles. The fourth-order valence-electron chi connectivity index (χ4n) is 3.62. The van der Waals surface area contributed by atoms with Gasteiger partial charge in [-0.25, -0.2) is 0 Å². The Hall–Kier alpha value is -0.360. The lowest BCUT2D eigenvalue weighted by Crippen LogP contribution is -2.48. The molecule has 2 N–H and O–H groups in total. The third-order valence-electron chi connectivity index (χ3n) is 5.07. The maximum atomic E-state index is 12.0. The van der Waals surface area contributed by atoms with Crippen molar-refractivity contribution in [3.63, 3.8) is 0 Å². The van der Waals surface area contributed by atoms with E-state index in [-0.39, 0.29) is 18.3 Å². The number of piperidine rings is 1. The second-order valence-corrected chi connectivity index (χ2v) is 6.88. The molecule has 1 saturated heterocycles. The van der Waals surface area contributed by atoms with Crippen LogP contribution >= 0.6 is 12.4 Å². The van der Waals surface area contributed by atoms with Crippen molar-refractivity contribution in [3.05, 3.63) is 0 Å². The quantitative estimate of drug-likeness (QED) is 0.690. The van der Waals surface area contributed by atoms with Crippen LogP contribution in [0.4, 0.5) is 0 Å². The zero-order chi connectivity index (χ0) is 15.8. The fourth-order valence-corrected chi connectivity index (χ4v) is 3.62. The van der Waals surface area contributed by atoms with Gasteiger partial charge in [0.2, 0.25) is 5.91 Å². The Morgan fingerprint density at radius 1 is 1.22 bits per heavy atom. The number of halogens is 1. The average molecular weight is 348 g/mol. The van der Waals surface area contributed by atoms with E-state index in [1.165, 1.54) is 38.5 Å². The number of carbonyl (C=O) groups is 1. The van der Waals surface area contributed by atoms with E-state index in [4.69, 9.17) is 4.74 Å². The Morgan fingerprint density at radius 2 is 2.00 bits per heavy atom. The molecule has 23 heavy (non-hydrogen) atoms. The average Bonchev–Trinajstić information content (AvgIpc) is 2.53. The first-order valence-electron chi connectivity index (χ1n) is 8.97. The number of hydrogen-bond acceptors (Lipinski definition) is 4. The molecule has 6 heteroatoms. The largest absolute Gasteiger partial charge is 0.376 e. The number of likely N-dealkylation sites (N-methyl/N-ethyl adjacent to an activating group) is 1. The van der Waals surface area contributed by atoms with Crippen LogP contribution in [-0.4, -0.2) is 62.8 Å². The van der Waals surface area contributed by atoms with Crippen molar-refractivity contribution in [1.82, 2.24) is 15.5 Å². The monoisotopic (exact) mass is 347 g/mol. The third-order valence-corrected chi connectivity index (χ3v) is 5.07. The van der Waals surface area contributed by atoms with Gasteiger partial charge in [0.05, 0.1) is 19.3 Å². The minimum atomic E-state index is 0. The maximum absolute atomic E-state index is 12.0. The first-order valence-corrected chi connectivity index (χ1v) is 8.97. The fraction of sp³-hybridized carbons (Fsp3) is 0.941. The zero-order valence-corrected chi connectivity index (χ0v) is 15.5. The van der Waals surface area contributed by atoms with Crippen molar-refractivity contribution in [2.24, 2.45) is 5.92 Å². The van der Waals surface area contributed by atoms with Crippen LogP contribution in [0.25, 0.3) is 0 Å². The normalized spacial score (nSPS) is 28.9. The Bertz CT molecular complexity index is 344. The molecule has 1 heterocycles. The highest BCUT2D eigenvalue weighted by Gasteiger charge is 2.22. The number of hydrogen-bond donors (Lipinski definition) is 2. The Labute approximate surface area is 147 Å². The molecule has 2 rings (SSSR count). The Morgan fingerprint density at radius 3 is 2.74 bits per heavy atom. The molecule has 5 nitrogen and oxygen atoms in total. The van der Waals surface area contributed by atoms with Gasteiger partial charge in [-0.05, 0) is 45.2 Å². The minimum absolute atomic E-state index is 0. The zero-order valence-electron chi connectivity index (χ0n) is 14.7. The molecular weight excluding hydrogens is 314 g/mol. The van der Waals surface area contributed by atoms with Gasteiger partial charge >= 0.3 is 0 Å². The van der Waals surface area contributed by atoms with Crippen LogP contribution in [0, 0.1) is 5.92 Å². The lowest BCUT2D eigenvalue weighted by atomic mass is 9.88. The number of carbonyl (C=O) groups excluding carboxylic acids is 1. The lowest BCUT2D eigenvalue weighted by Gasteiger charge is -2.32. The summed E-state index contributed by atoms with van der Waals surface area (Å²) >= 11 is 0. The number of rotatable bonds is 7. The van der Waals surface area contributed by atoms with Crippen molar-refractivity contribution in [2.75, 3.05) is 39.8 Å². The summed E-state index contributed by atoms with van der Waals surface area (Å²) in [5.74, 6) is 0.785. The minimum Gasteiger partial charge on any atom is -0.376 e. The highest BCUT2D eigenvalue weighted by Crippen LogP contribution is 2.25. The second-order valence-electron chi connectivity index (χ2n) is 6.88. The summed E-state index contributed by atoms with van der Waals surface area (Å²) in [7, 11) is 2.00. The number of amides is 1. The van der Waals surface area contributed by atoms with Crippen LogP contribution in [0.5, 0.6) is 0 Å². The molecule has 136 valence electrons. The van der Waals surface area contributed by atoms with Crippen LogP contribution in [0.1, 0.15) is 45.4 Å². The topological polar surface area (TPSA) is 53.6 Å². The van der Waals surface area contributed by atoms with E-state index in [0.717, 1.165) is 13.1 Å². The van der Waals surface area contributed by atoms with Crippen molar-refractivity contribution in [2.45, 2.75) is 57.6 Å². The summed E-state index contributed by atoms with van der Waals surface area (Å²) in [5, 5.41) is 6.30. The molecule has 0 aromatic carbocycles. The van der Waals surface area contributed by atoms with Crippen LogP contribution in [0.3, 0.4) is 0 Å². The van der Waals surface area contributed by atoms with Gasteiger partial charge in [-0.15, -0.1) is 12.4 Å². The van der Waals surface area contributed by atoms with Crippen molar-refractivity contribution < 1.29 is 9.53 Å². The number of ether oxygens (including phenoxy) is 1. The standard InChI is InChI=1S/C17H33N3O2.ClH/c1-14-6-3-4-8-16(14)22-11-9-19-17(21)13-20-10-5-7-15(12-20)18-2;/h14-16,18H,3-13H2,1-2H3,(H,19,21);1H. The van der Waals surface area contributed by atoms with Gasteiger partial charge in [0, 0.05) is 19.1 Å². The van der Waals surface area contributed by atoms with Crippen molar-refractivity contribution >= 4 is 18.3 Å². The maximum Gasteiger partial charge on any atom is 0.234 e. The van der Waals surface area contributed by atoms with E-state index < -0.39 is 0 Å².